The smallest absolute Gasteiger partial charge is 0.323 e. The minimum absolute atomic E-state index is 0.294. The summed E-state index contributed by atoms with van der Waals surface area (Å²) in [5, 5.41) is 8.88. The average molecular weight is 355 g/mol. The number of hydrogen-bond acceptors (Lipinski definition) is 3. The lowest BCUT2D eigenvalue weighted by atomic mass is 10.2. The average Bonchev–Trinajstić information content (AvgIpc) is 2.42. The number of aliphatic carboxylic acids is 1. The Kier molecular flexibility index (Phi) is 7.11. The summed E-state index contributed by atoms with van der Waals surface area (Å²) < 4.78 is 0.962. The van der Waals surface area contributed by atoms with E-state index in [1.54, 1.807) is 6.08 Å². The van der Waals surface area contributed by atoms with Crippen molar-refractivity contribution < 1.29 is 14.7 Å². The predicted molar refractivity (Wildman–Crippen MR) is 85.9 cm³/mol. The van der Waals surface area contributed by atoms with Gasteiger partial charge < -0.3 is 14.9 Å². The minimum atomic E-state index is -1.01. The molecule has 1 amide bonds. The van der Waals surface area contributed by atoms with E-state index in [9.17, 15) is 9.59 Å². The van der Waals surface area contributed by atoms with Crippen molar-refractivity contribution in [1.82, 2.24) is 9.80 Å². The summed E-state index contributed by atoms with van der Waals surface area (Å²) >= 11 is 3.34. The quantitative estimate of drug-likeness (QED) is 0.760. The van der Waals surface area contributed by atoms with Gasteiger partial charge in [-0.25, -0.2) is 0 Å². The van der Waals surface area contributed by atoms with Crippen molar-refractivity contribution in [2.75, 3.05) is 33.7 Å². The molecule has 0 bridgehead atoms. The van der Waals surface area contributed by atoms with E-state index < -0.39 is 5.97 Å². The molecule has 1 N–H and O–H groups in total. The molecule has 1 aromatic rings. The van der Waals surface area contributed by atoms with Crippen molar-refractivity contribution in [1.29, 1.82) is 0 Å². The van der Waals surface area contributed by atoms with Gasteiger partial charge in [-0.05, 0) is 37.9 Å². The third kappa shape index (κ3) is 7.06. The van der Waals surface area contributed by atoms with Gasteiger partial charge in [0.1, 0.15) is 6.54 Å². The fourth-order valence-corrected chi connectivity index (χ4v) is 1.86. The van der Waals surface area contributed by atoms with Crippen LogP contribution in [0.1, 0.15) is 5.56 Å². The Morgan fingerprint density at radius 3 is 2.33 bits per heavy atom. The number of likely N-dealkylation sites (N-methyl/N-ethyl adjacent to an activating group) is 1. The van der Waals surface area contributed by atoms with Crippen molar-refractivity contribution in [2.24, 2.45) is 0 Å². The van der Waals surface area contributed by atoms with Crippen molar-refractivity contribution in [3.63, 3.8) is 0 Å². The van der Waals surface area contributed by atoms with Gasteiger partial charge in [0.2, 0.25) is 5.91 Å². The Morgan fingerprint density at radius 2 is 1.81 bits per heavy atom. The number of carboxylic acid groups (broad SMARTS) is 1. The van der Waals surface area contributed by atoms with Gasteiger partial charge in [0, 0.05) is 23.6 Å². The molecule has 0 radical (unpaired) electrons. The second kappa shape index (κ2) is 8.59. The maximum atomic E-state index is 12.1. The highest BCUT2D eigenvalue weighted by Gasteiger charge is 2.14. The van der Waals surface area contributed by atoms with E-state index in [1.807, 2.05) is 43.3 Å². The van der Waals surface area contributed by atoms with Crippen LogP contribution in [0.25, 0.3) is 6.08 Å². The molecule has 6 heteroatoms. The SMILES string of the molecule is CN(C)CCN(CC(=O)O)C(=O)/C=C/c1ccc(Br)cc1. The fraction of sp³-hybridized carbons (Fsp3) is 0.333. The maximum Gasteiger partial charge on any atom is 0.323 e. The van der Waals surface area contributed by atoms with Crippen LogP contribution >= 0.6 is 15.9 Å². The van der Waals surface area contributed by atoms with Gasteiger partial charge in [0.05, 0.1) is 0 Å². The van der Waals surface area contributed by atoms with Crippen LogP contribution in [0.5, 0.6) is 0 Å². The molecule has 0 aliphatic rings. The first-order valence-corrected chi connectivity index (χ1v) is 7.27. The van der Waals surface area contributed by atoms with E-state index in [0.717, 1.165) is 10.0 Å². The Balaban J connectivity index is 2.70. The summed E-state index contributed by atoms with van der Waals surface area (Å²) in [4.78, 5) is 26.1. The van der Waals surface area contributed by atoms with Gasteiger partial charge in [-0.15, -0.1) is 0 Å². The molecule has 0 heterocycles. The van der Waals surface area contributed by atoms with Gasteiger partial charge in [-0.2, -0.15) is 0 Å². The molecular weight excluding hydrogens is 336 g/mol. The molecule has 0 saturated carbocycles. The number of nitrogens with zero attached hydrogens (tertiary/aromatic N) is 2. The first-order chi connectivity index (χ1) is 9.88. The fourth-order valence-electron chi connectivity index (χ4n) is 1.60. The van der Waals surface area contributed by atoms with Crippen LogP contribution in [-0.4, -0.2) is 60.5 Å². The molecule has 0 aromatic heterocycles. The summed E-state index contributed by atoms with van der Waals surface area (Å²) in [6, 6.07) is 7.50. The number of carbonyl (C=O) groups excluding carboxylic acids is 1. The molecule has 0 unspecified atom stereocenters. The molecule has 1 aromatic carbocycles. The molecule has 0 aliphatic heterocycles. The zero-order valence-corrected chi connectivity index (χ0v) is 13.7. The first kappa shape index (κ1) is 17.4. The Hall–Kier alpha value is -1.66. The van der Waals surface area contributed by atoms with E-state index in [0.29, 0.717) is 13.1 Å². The van der Waals surface area contributed by atoms with Crippen LogP contribution in [0, 0.1) is 0 Å². The number of carbonyl (C=O) groups is 2. The third-order valence-corrected chi connectivity index (χ3v) is 3.27. The molecule has 5 nitrogen and oxygen atoms in total. The van der Waals surface area contributed by atoms with Crippen LogP contribution in [0.15, 0.2) is 34.8 Å². The number of carboxylic acids is 1. The number of hydrogen-bond donors (Lipinski definition) is 1. The van der Waals surface area contributed by atoms with Crippen LogP contribution in [0.3, 0.4) is 0 Å². The summed E-state index contributed by atoms with van der Waals surface area (Å²) in [6.45, 7) is 0.700. The monoisotopic (exact) mass is 354 g/mol. The van der Waals surface area contributed by atoms with E-state index in [1.165, 1.54) is 11.0 Å². The second-order valence-corrected chi connectivity index (χ2v) is 5.76. The Labute approximate surface area is 133 Å². The zero-order valence-electron chi connectivity index (χ0n) is 12.1. The second-order valence-electron chi connectivity index (χ2n) is 4.84. The molecule has 21 heavy (non-hydrogen) atoms. The minimum Gasteiger partial charge on any atom is -0.480 e. The third-order valence-electron chi connectivity index (χ3n) is 2.74. The van der Waals surface area contributed by atoms with E-state index in [2.05, 4.69) is 15.9 Å². The summed E-state index contributed by atoms with van der Waals surface area (Å²) in [5.41, 5.74) is 0.884. The van der Waals surface area contributed by atoms with Gasteiger partial charge in [0.25, 0.3) is 0 Å². The largest absolute Gasteiger partial charge is 0.480 e. The lowest BCUT2D eigenvalue weighted by Crippen LogP contribution is -2.39. The van der Waals surface area contributed by atoms with Crippen molar-refractivity contribution >= 4 is 33.9 Å². The molecule has 0 spiro atoms. The maximum absolute atomic E-state index is 12.1. The first-order valence-electron chi connectivity index (χ1n) is 6.47. The Bertz CT molecular complexity index is 512. The standard InChI is InChI=1S/C15H19BrN2O3/c1-17(2)9-10-18(11-15(20)21)14(19)8-5-12-3-6-13(16)7-4-12/h3-8H,9-11H2,1-2H3,(H,20,21)/b8-5+. The number of halogens is 1. The van der Waals surface area contributed by atoms with Gasteiger partial charge in [-0.3, -0.25) is 9.59 Å². The van der Waals surface area contributed by atoms with Crippen LogP contribution in [0.2, 0.25) is 0 Å². The predicted octanol–water partition coefficient (Wildman–Crippen LogP) is 1.94. The van der Waals surface area contributed by atoms with E-state index in [-0.39, 0.29) is 12.5 Å². The van der Waals surface area contributed by atoms with Crippen LogP contribution in [0.4, 0.5) is 0 Å². The van der Waals surface area contributed by atoms with E-state index >= 15 is 0 Å². The topological polar surface area (TPSA) is 60.9 Å². The zero-order chi connectivity index (χ0) is 15.8. The number of amides is 1. The summed E-state index contributed by atoms with van der Waals surface area (Å²) in [7, 11) is 3.75. The normalized spacial score (nSPS) is 11.0. The lowest BCUT2D eigenvalue weighted by molar-refractivity contribution is -0.142. The van der Waals surface area contributed by atoms with Crippen LogP contribution < -0.4 is 0 Å². The van der Waals surface area contributed by atoms with Crippen molar-refractivity contribution in [2.45, 2.75) is 0 Å². The van der Waals surface area contributed by atoms with Crippen LogP contribution in [-0.2, 0) is 9.59 Å². The Morgan fingerprint density at radius 1 is 1.19 bits per heavy atom. The molecular formula is C15H19BrN2O3. The number of rotatable bonds is 7. The molecule has 0 aliphatic carbocycles. The molecule has 0 atom stereocenters. The number of benzene rings is 1. The molecule has 114 valence electrons. The van der Waals surface area contributed by atoms with E-state index in [4.69, 9.17) is 5.11 Å². The summed E-state index contributed by atoms with van der Waals surface area (Å²) in [6.07, 6.45) is 3.08. The highest BCUT2D eigenvalue weighted by atomic mass is 79.9. The summed E-state index contributed by atoms with van der Waals surface area (Å²) in [5.74, 6) is -1.32. The van der Waals surface area contributed by atoms with Crippen molar-refractivity contribution in [3.05, 3.63) is 40.4 Å². The molecule has 1 rings (SSSR count). The van der Waals surface area contributed by atoms with Gasteiger partial charge in [-0.1, -0.05) is 28.1 Å². The van der Waals surface area contributed by atoms with Gasteiger partial charge >= 0.3 is 5.97 Å². The van der Waals surface area contributed by atoms with Gasteiger partial charge in [0.15, 0.2) is 0 Å². The highest BCUT2D eigenvalue weighted by Crippen LogP contribution is 2.11. The molecule has 0 fully saturated rings. The molecule has 0 saturated heterocycles. The van der Waals surface area contributed by atoms with Crippen molar-refractivity contribution in [3.8, 4) is 0 Å². The lowest BCUT2D eigenvalue weighted by Gasteiger charge is -2.21. The highest BCUT2D eigenvalue weighted by molar-refractivity contribution is 9.10.